The summed E-state index contributed by atoms with van der Waals surface area (Å²) in [6, 6.07) is 0. The van der Waals surface area contributed by atoms with E-state index in [1.807, 2.05) is 0 Å². The third kappa shape index (κ3) is 0.861. The molecule has 0 radical (unpaired) electrons. The standard InChI is InChI=1S/C5H4N2O2/c1-3-4(8)6-2-7-5(3)9/h2H,1H2,(H,6,7,8,9). The summed E-state index contributed by atoms with van der Waals surface area (Å²) < 4.78 is 0. The SMILES string of the molecule is C=C1C(=O)N=CNC1=O. The molecule has 2 amide bonds. The summed E-state index contributed by atoms with van der Waals surface area (Å²) in [6.45, 7) is 3.20. The number of amides is 2. The Bertz CT molecular complexity index is 217. The summed E-state index contributed by atoms with van der Waals surface area (Å²) in [5, 5.41) is 2.21. The highest BCUT2D eigenvalue weighted by atomic mass is 16.2. The van der Waals surface area contributed by atoms with Crippen molar-refractivity contribution in [2.75, 3.05) is 0 Å². The fourth-order valence-corrected chi connectivity index (χ4v) is 0.412. The highest BCUT2D eigenvalue weighted by Crippen LogP contribution is 1.95. The fraction of sp³-hybridized carbons (Fsp3) is 0. The average Bonchev–Trinajstić information content (AvgIpc) is 1.83. The smallest absolute Gasteiger partial charge is 0.283 e. The van der Waals surface area contributed by atoms with Crippen LogP contribution in [-0.2, 0) is 9.59 Å². The molecule has 0 aromatic carbocycles. The molecular formula is C5H4N2O2. The van der Waals surface area contributed by atoms with Crippen molar-refractivity contribution < 1.29 is 9.59 Å². The zero-order valence-corrected chi connectivity index (χ0v) is 4.55. The molecule has 0 saturated heterocycles. The van der Waals surface area contributed by atoms with Gasteiger partial charge in [-0.25, -0.2) is 0 Å². The van der Waals surface area contributed by atoms with Gasteiger partial charge in [0.05, 0.1) is 11.9 Å². The molecule has 9 heavy (non-hydrogen) atoms. The molecule has 0 unspecified atom stereocenters. The van der Waals surface area contributed by atoms with E-state index in [-0.39, 0.29) is 5.57 Å². The van der Waals surface area contributed by atoms with Crippen molar-refractivity contribution in [1.82, 2.24) is 5.32 Å². The largest absolute Gasteiger partial charge is 0.312 e. The Labute approximate surface area is 51.3 Å². The Morgan fingerprint density at radius 1 is 1.56 bits per heavy atom. The summed E-state index contributed by atoms with van der Waals surface area (Å²) in [5.74, 6) is -1.05. The molecule has 0 aromatic rings. The molecule has 1 aliphatic heterocycles. The molecule has 0 saturated carbocycles. The van der Waals surface area contributed by atoms with Crippen molar-refractivity contribution in [2.45, 2.75) is 0 Å². The van der Waals surface area contributed by atoms with Crippen molar-refractivity contribution in [1.29, 1.82) is 0 Å². The molecule has 1 rings (SSSR count). The van der Waals surface area contributed by atoms with E-state index in [4.69, 9.17) is 0 Å². The van der Waals surface area contributed by atoms with Gasteiger partial charge in [-0.05, 0) is 0 Å². The molecule has 0 bridgehead atoms. The van der Waals surface area contributed by atoms with Gasteiger partial charge in [0.15, 0.2) is 0 Å². The topological polar surface area (TPSA) is 58.5 Å². The molecule has 4 heteroatoms. The molecule has 0 aliphatic carbocycles. The van der Waals surface area contributed by atoms with E-state index in [2.05, 4.69) is 16.9 Å². The quantitative estimate of drug-likeness (QED) is 0.340. The Morgan fingerprint density at radius 2 is 2.22 bits per heavy atom. The van der Waals surface area contributed by atoms with E-state index >= 15 is 0 Å². The maximum atomic E-state index is 10.5. The Kier molecular flexibility index (Phi) is 1.14. The van der Waals surface area contributed by atoms with Gasteiger partial charge in [-0.1, -0.05) is 6.58 Å². The second-order valence-corrected chi connectivity index (χ2v) is 1.52. The first-order chi connectivity index (χ1) is 4.22. The molecule has 46 valence electrons. The molecule has 1 aliphatic rings. The van der Waals surface area contributed by atoms with Gasteiger partial charge in [-0.3, -0.25) is 9.59 Å². The van der Waals surface area contributed by atoms with Crippen LogP contribution < -0.4 is 5.32 Å². The third-order valence-electron chi connectivity index (χ3n) is 0.910. The van der Waals surface area contributed by atoms with Gasteiger partial charge in [0, 0.05) is 0 Å². The summed E-state index contributed by atoms with van der Waals surface area (Å²) in [4.78, 5) is 24.2. The first-order valence-electron chi connectivity index (χ1n) is 2.28. The van der Waals surface area contributed by atoms with Crippen LogP contribution in [0.1, 0.15) is 0 Å². The summed E-state index contributed by atoms with van der Waals surface area (Å²) >= 11 is 0. The predicted octanol–water partition coefficient (Wildman–Crippen LogP) is -0.773. The predicted molar refractivity (Wildman–Crippen MR) is 30.8 cm³/mol. The van der Waals surface area contributed by atoms with Crippen LogP contribution in [0, 0.1) is 0 Å². The van der Waals surface area contributed by atoms with E-state index in [1.54, 1.807) is 0 Å². The maximum absolute atomic E-state index is 10.5. The number of hydrogen-bond donors (Lipinski definition) is 1. The Morgan fingerprint density at radius 3 is 2.67 bits per heavy atom. The lowest BCUT2D eigenvalue weighted by atomic mass is 10.2. The minimum Gasteiger partial charge on any atom is -0.312 e. The third-order valence-corrected chi connectivity index (χ3v) is 0.910. The number of aliphatic imine (C=N–C) groups is 1. The van der Waals surface area contributed by atoms with E-state index in [1.165, 1.54) is 0 Å². The van der Waals surface area contributed by atoms with Crippen LogP contribution in [-0.4, -0.2) is 18.2 Å². The summed E-state index contributed by atoms with van der Waals surface area (Å²) in [6.07, 6.45) is 1.05. The summed E-state index contributed by atoms with van der Waals surface area (Å²) in [5.41, 5.74) is -0.113. The molecule has 0 atom stereocenters. The number of nitrogens with zero attached hydrogens (tertiary/aromatic N) is 1. The highest BCUT2D eigenvalue weighted by molar-refractivity contribution is 6.24. The van der Waals surface area contributed by atoms with Gasteiger partial charge in [0.2, 0.25) is 0 Å². The lowest BCUT2D eigenvalue weighted by molar-refractivity contribution is -0.121. The van der Waals surface area contributed by atoms with Crippen molar-refractivity contribution in [3.63, 3.8) is 0 Å². The number of rotatable bonds is 0. The lowest BCUT2D eigenvalue weighted by Crippen LogP contribution is -2.30. The molecule has 4 nitrogen and oxygen atoms in total. The van der Waals surface area contributed by atoms with Crippen LogP contribution in [0.3, 0.4) is 0 Å². The van der Waals surface area contributed by atoms with Crippen molar-refractivity contribution in [2.24, 2.45) is 4.99 Å². The molecular weight excluding hydrogens is 120 g/mol. The average molecular weight is 124 g/mol. The van der Waals surface area contributed by atoms with Crippen molar-refractivity contribution in [3.05, 3.63) is 12.2 Å². The molecule has 0 fully saturated rings. The van der Waals surface area contributed by atoms with E-state index < -0.39 is 11.8 Å². The van der Waals surface area contributed by atoms with Gasteiger partial charge in [-0.15, -0.1) is 0 Å². The number of carbonyl (C=O) groups is 2. The number of carbonyl (C=O) groups excluding carboxylic acids is 2. The van der Waals surface area contributed by atoms with Crippen LogP contribution in [0.15, 0.2) is 17.1 Å². The van der Waals surface area contributed by atoms with Crippen LogP contribution in [0.25, 0.3) is 0 Å². The first kappa shape index (κ1) is 5.68. The van der Waals surface area contributed by atoms with E-state index in [0.717, 1.165) is 6.34 Å². The molecule has 1 heterocycles. The maximum Gasteiger partial charge on any atom is 0.283 e. The van der Waals surface area contributed by atoms with Crippen molar-refractivity contribution in [3.8, 4) is 0 Å². The molecule has 0 aromatic heterocycles. The van der Waals surface area contributed by atoms with E-state index in [0.29, 0.717) is 0 Å². The molecule has 1 N–H and O–H groups in total. The normalized spacial score (nSPS) is 18.0. The van der Waals surface area contributed by atoms with Crippen LogP contribution in [0.5, 0.6) is 0 Å². The van der Waals surface area contributed by atoms with Gasteiger partial charge in [0.1, 0.15) is 0 Å². The lowest BCUT2D eigenvalue weighted by Gasteiger charge is -2.03. The van der Waals surface area contributed by atoms with Gasteiger partial charge in [-0.2, -0.15) is 4.99 Å². The molecule has 0 spiro atoms. The Hall–Kier alpha value is -1.45. The van der Waals surface area contributed by atoms with Gasteiger partial charge in [0.25, 0.3) is 11.8 Å². The van der Waals surface area contributed by atoms with Crippen LogP contribution in [0.2, 0.25) is 0 Å². The van der Waals surface area contributed by atoms with Crippen molar-refractivity contribution >= 4 is 18.2 Å². The highest BCUT2D eigenvalue weighted by Gasteiger charge is 2.16. The minimum absolute atomic E-state index is 0.113. The second kappa shape index (κ2) is 1.81. The monoisotopic (exact) mass is 124 g/mol. The van der Waals surface area contributed by atoms with Crippen LogP contribution in [0.4, 0.5) is 0 Å². The summed E-state index contributed by atoms with van der Waals surface area (Å²) in [7, 11) is 0. The fourth-order valence-electron chi connectivity index (χ4n) is 0.412. The Balaban J connectivity index is 2.94. The van der Waals surface area contributed by atoms with Gasteiger partial charge >= 0.3 is 0 Å². The zero-order valence-electron chi connectivity index (χ0n) is 4.55. The van der Waals surface area contributed by atoms with Gasteiger partial charge < -0.3 is 5.32 Å². The van der Waals surface area contributed by atoms with Crippen LogP contribution >= 0.6 is 0 Å². The number of hydrogen-bond acceptors (Lipinski definition) is 2. The van der Waals surface area contributed by atoms with E-state index in [9.17, 15) is 9.59 Å². The minimum atomic E-state index is -0.571. The zero-order chi connectivity index (χ0) is 6.85. The first-order valence-corrected chi connectivity index (χ1v) is 2.28. The second-order valence-electron chi connectivity index (χ2n) is 1.52. The number of nitrogens with one attached hydrogen (secondary N) is 1.